The molecule has 0 saturated heterocycles. The number of rotatable bonds is 0. The van der Waals surface area contributed by atoms with Gasteiger partial charge >= 0.3 is 0 Å². The van der Waals surface area contributed by atoms with Crippen LogP contribution >= 0.6 is 11.6 Å². The Balaban J connectivity index is 2.62. The van der Waals surface area contributed by atoms with E-state index < -0.39 is 0 Å². The van der Waals surface area contributed by atoms with Crippen molar-refractivity contribution in [3.05, 3.63) is 47.5 Å². The van der Waals surface area contributed by atoms with E-state index in [0.29, 0.717) is 15.9 Å². The minimum absolute atomic E-state index is 0.167. The van der Waals surface area contributed by atoms with Crippen LogP contribution in [0.15, 0.2) is 42.5 Å². The zero-order valence-electron chi connectivity index (χ0n) is 8.31. The summed E-state index contributed by atoms with van der Waals surface area (Å²) >= 11 is 6.28. The number of benzene rings is 2. The van der Waals surface area contributed by atoms with E-state index in [1.165, 1.54) is 0 Å². The van der Waals surface area contributed by atoms with Crippen molar-refractivity contribution in [1.29, 1.82) is 0 Å². The highest BCUT2D eigenvalue weighted by molar-refractivity contribution is 6.40. The predicted molar refractivity (Wildman–Crippen MR) is 65.9 cm³/mol. The number of fused-ring (bicyclic) bond motifs is 2. The summed E-state index contributed by atoms with van der Waals surface area (Å²) in [5.74, 6) is 0.167. The maximum Gasteiger partial charge on any atom is 0.126 e. The molecule has 2 nitrogen and oxygen atoms in total. The SMILES string of the molecule is Oc1cccc2nc3ccccc3c(Cl)c12. The molecule has 0 aliphatic heterocycles. The second-order valence-electron chi connectivity index (χ2n) is 3.61. The van der Waals surface area contributed by atoms with E-state index in [1.807, 2.05) is 30.3 Å². The zero-order valence-corrected chi connectivity index (χ0v) is 9.07. The largest absolute Gasteiger partial charge is 0.507 e. The van der Waals surface area contributed by atoms with E-state index in [9.17, 15) is 5.11 Å². The van der Waals surface area contributed by atoms with E-state index >= 15 is 0 Å². The first-order valence-corrected chi connectivity index (χ1v) is 5.31. The number of pyridine rings is 1. The fourth-order valence-corrected chi connectivity index (χ4v) is 2.22. The number of phenols is 1. The average Bonchev–Trinajstić information content (AvgIpc) is 2.29. The van der Waals surface area contributed by atoms with Gasteiger partial charge in [-0.15, -0.1) is 0 Å². The molecule has 16 heavy (non-hydrogen) atoms. The standard InChI is InChI=1S/C13H8ClNO/c14-13-8-4-1-2-5-9(8)15-10-6-3-7-11(16)12(10)13/h1-7,16H. The number of para-hydroxylation sites is 1. The molecule has 0 aliphatic carbocycles. The number of hydrogen-bond acceptors (Lipinski definition) is 2. The number of hydrogen-bond donors (Lipinski definition) is 1. The van der Waals surface area contributed by atoms with Crippen LogP contribution in [0.4, 0.5) is 0 Å². The van der Waals surface area contributed by atoms with Crippen LogP contribution in [0.3, 0.4) is 0 Å². The summed E-state index contributed by atoms with van der Waals surface area (Å²) in [5, 5.41) is 11.8. The Kier molecular flexibility index (Phi) is 1.98. The summed E-state index contributed by atoms with van der Waals surface area (Å²) < 4.78 is 0. The Morgan fingerprint density at radius 1 is 0.938 bits per heavy atom. The second kappa shape index (κ2) is 3.35. The third kappa shape index (κ3) is 1.24. The Morgan fingerprint density at radius 2 is 1.69 bits per heavy atom. The number of aromatic hydroxyl groups is 1. The average molecular weight is 230 g/mol. The first kappa shape index (κ1) is 9.43. The van der Waals surface area contributed by atoms with E-state index in [2.05, 4.69) is 4.98 Å². The lowest BCUT2D eigenvalue weighted by molar-refractivity contribution is 0.481. The molecule has 2 aromatic carbocycles. The van der Waals surface area contributed by atoms with Crippen molar-refractivity contribution < 1.29 is 5.11 Å². The fourth-order valence-electron chi connectivity index (χ4n) is 1.87. The van der Waals surface area contributed by atoms with Crippen LogP contribution in [0, 0.1) is 0 Å². The predicted octanol–water partition coefficient (Wildman–Crippen LogP) is 3.75. The van der Waals surface area contributed by atoms with Gasteiger partial charge in [0, 0.05) is 5.39 Å². The van der Waals surface area contributed by atoms with Gasteiger partial charge in [-0.2, -0.15) is 0 Å². The lowest BCUT2D eigenvalue weighted by Crippen LogP contribution is -1.84. The summed E-state index contributed by atoms with van der Waals surface area (Å²) in [5.41, 5.74) is 1.55. The lowest BCUT2D eigenvalue weighted by atomic mass is 10.1. The molecular weight excluding hydrogens is 222 g/mol. The van der Waals surface area contributed by atoms with Crippen molar-refractivity contribution >= 4 is 33.4 Å². The molecule has 1 aromatic heterocycles. The van der Waals surface area contributed by atoms with Gasteiger partial charge in [0.2, 0.25) is 0 Å². The Morgan fingerprint density at radius 3 is 2.56 bits per heavy atom. The molecule has 0 saturated carbocycles. The molecule has 0 bridgehead atoms. The third-order valence-electron chi connectivity index (χ3n) is 2.62. The number of nitrogens with zero attached hydrogens (tertiary/aromatic N) is 1. The molecule has 3 rings (SSSR count). The molecule has 0 spiro atoms. The normalized spacial score (nSPS) is 11.1. The number of phenolic OH excluding ortho intramolecular Hbond substituents is 1. The van der Waals surface area contributed by atoms with Crippen LogP contribution < -0.4 is 0 Å². The van der Waals surface area contributed by atoms with Crippen molar-refractivity contribution in [3.63, 3.8) is 0 Å². The van der Waals surface area contributed by atoms with Gasteiger partial charge in [0.25, 0.3) is 0 Å². The summed E-state index contributed by atoms with van der Waals surface area (Å²) in [6.45, 7) is 0. The zero-order chi connectivity index (χ0) is 11.1. The van der Waals surface area contributed by atoms with Gasteiger partial charge in [-0.25, -0.2) is 4.98 Å². The van der Waals surface area contributed by atoms with Gasteiger partial charge in [0.15, 0.2) is 0 Å². The van der Waals surface area contributed by atoms with Crippen LogP contribution in [0.5, 0.6) is 5.75 Å². The van der Waals surface area contributed by atoms with E-state index in [0.717, 1.165) is 10.9 Å². The van der Waals surface area contributed by atoms with Gasteiger partial charge in [-0.3, -0.25) is 0 Å². The van der Waals surface area contributed by atoms with Crippen LogP contribution in [-0.2, 0) is 0 Å². The third-order valence-corrected chi connectivity index (χ3v) is 3.01. The summed E-state index contributed by atoms with van der Waals surface area (Å²) in [7, 11) is 0. The topological polar surface area (TPSA) is 33.1 Å². The van der Waals surface area contributed by atoms with Crippen molar-refractivity contribution in [2.24, 2.45) is 0 Å². The van der Waals surface area contributed by atoms with Gasteiger partial charge in [0.1, 0.15) is 5.75 Å². The minimum Gasteiger partial charge on any atom is -0.507 e. The molecule has 0 unspecified atom stereocenters. The van der Waals surface area contributed by atoms with E-state index in [1.54, 1.807) is 12.1 Å². The van der Waals surface area contributed by atoms with Gasteiger partial charge in [-0.1, -0.05) is 35.9 Å². The molecule has 0 fully saturated rings. The van der Waals surface area contributed by atoms with Crippen LogP contribution in [0.2, 0.25) is 5.02 Å². The molecule has 3 heteroatoms. The Bertz CT molecular complexity index is 694. The maximum absolute atomic E-state index is 9.79. The molecule has 0 atom stereocenters. The first-order chi connectivity index (χ1) is 7.77. The summed E-state index contributed by atoms with van der Waals surface area (Å²) in [6, 6.07) is 12.8. The van der Waals surface area contributed by atoms with Gasteiger partial charge < -0.3 is 5.11 Å². The fraction of sp³-hybridized carbons (Fsp3) is 0. The van der Waals surface area contributed by atoms with Crippen molar-refractivity contribution in [2.45, 2.75) is 0 Å². The van der Waals surface area contributed by atoms with E-state index in [-0.39, 0.29) is 5.75 Å². The van der Waals surface area contributed by atoms with Gasteiger partial charge in [-0.05, 0) is 18.2 Å². The number of aromatic nitrogens is 1. The Hall–Kier alpha value is -1.80. The van der Waals surface area contributed by atoms with Crippen molar-refractivity contribution in [1.82, 2.24) is 4.98 Å². The van der Waals surface area contributed by atoms with Crippen LogP contribution in [0.1, 0.15) is 0 Å². The molecule has 78 valence electrons. The quantitative estimate of drug-likeness (QED) is 0.596. The highest BCUT2D eigenvalue weighted by atomic mass is 35.5. The molecule has 1 heterocycles. The molecule has 0 aliphatic rings. The summed E-state index contributed by atoms with van der Waals surface area (Å²) in [6.07, 6.45) is 0. The highest BCUT2D eigenvalue weighted by Gasteiger charge is 2.09. The van der Waals surface area contributed by atoms with Crippen LogP contribution in [-0.4, -0.2) is 10.1 Å². The smallest absolute Gasteiger partial charge is 0.126 e. The number of halogens is 1. The molecular formula is C13H8ClNO. The molecule has 1 N–H and O–H groups in total. The van der Waals surface area contributed by atoms with Crippen molar-refractivity contribution in [3.8, 4) is 5.75 Å². The van der Waals surface area contributed by atoms with Crippen LogP contribution in [0.25, 0.3) is 21.8 Å². The Labute approximate surface area is 97.1 Å². The summed E-state index contributed by atoms with van der Waals surface area (Å²) in [4.78, 5) is 4.45. The monoisotopic (exact) mass is 229 g/mol. The molecule has 0 radical (unpaired) electrons. The first-order valence-electron chi connectivity index (χ1n) is 4.93. The highest BCUT2D eigenvalue weighted by Crippen LogP contribution is 2.35. The van der Waals surface area contributed by atoms with E-state index in [4.69, 9.17) is 11.6 Å². The molecule has 0 amide bonds. The van der Waals surface area contributed by atoms with Gasteiger partial charge in [0.05, 0.1) is 21.4 Å². The maximum atomic E-state index is 9.79. The second-order valence-corrected chi connectivity index (χ2v) is 3.99. The lowest BCUT2D eigenvalue weighted by Gasteiger charge is -2.06. The molecule has 3 aromatic rings. The minimum atomic E-state index is 0.167. The van der Waals surface area contributed by atoms with Crippen molar-refractivity contribution in [2.75, 3.05) is 0 Å².